The van der Waals surface area contributed by atoms with E-state index in [2.05, 4.69) is 0 Å². The first-order valence-corrected chi connectivity index (χ1v) is 8.52. The summed E-state index contributed by atoms with van der Waals surface area (Å²) in [4.78, 5) is 0. The molecule has 2 aromatic rings. The molecule has 118 valence electrons. The Kier molecular flexibility index (Phi) is 5.65. The monoisotopic (exact) mass is 342 g/mol. The highest BCUT2D eigenvalue weighted by atomic mass is 35.5. The molecule has 0 amide bonds. The van der Waals surface area contributed by atoms with E-state index >= 15 is 0 Å². The van der Waals surface area contributed by atoms with Crippen LogP contribution >= 0.6 is 11.6 Å². The Hall–Kier alpha value is -1.76. The molecule has 0 aliphatic heterocycles. The van der Waals surface area contributed by atoms with Crippen LogP contribution in [-0.2, 0) is 10.1 Å². The highest BCUT2D eigenvalue weighted by Crippen LogP contribution is 2.25. The third kappa shape index (κ3) is 5.93. The first-order chi connectivity index (χ1) is 10.4. The van der Waals surface area contributed by atoms with Crippen molar-refractivity contribution >= 4 is 21.7 Å². The number of hydrogen-bond donors (Lipinski definition) is 1. The van der Waals surface area contributed by atoms with Crippen molar-refractivity contribution in [3.63, 3.8) is 0 Å². The quantitative estimate of drug-likeness (QED) is 0.612. The van der Waals surface area contributed by atoms with E-state index < -0.39 is 10.1 Å². The second-order valence-electron chi connectivity index (χ2n) is 4.52. The molecular formula is C15H15ClO5S. The second kappa shape index (κ2) is 7.49. The van der Waals surface area contributed by atoms with Crippen molar-refractivity contribution in [3.05, 3.63) is 53.6 Å². The summed E-state index contributed by atoms with van der Waals surface area (Å²) in [6.45, 7) is 0.203. The van der Waals surface area contributed by atoms with Gasteiger partial charge in [0.1, 0.15) is 17.2 Å². The Morgan fingerprint density at radius 2 is 1.68 bits per heavy atom. The molecule has 0 unspecified atom stereocenters. The smallest absolute Gasteiger partial charge is 0.264 e. The fraction of sp³-hybridized carbons (Fsp3) is 0.200. The van der Waals surface area contributed by atoms with Crippen molar-refractivity contribution in [1.82, 2.24) is 0 Å². The van der Waals surface area contributed by atoms with Gasteiger partial charge < -0.3 is 9.47 Å². The van der Waals surface area contributed by atoms with Gasteiger partial charge in [0, 0.05) is 5.02 Å². The standard InChI is InChI=1S/C15H15ClO5S/c16-12-3-1-4-15(11-12)21-14-7-5-13(6-8-14)20-9-2-10-22(17,18)19/h1,3-8,11H,2,9-10H2,(H,17,18,19). The topological polar surface area (TPSA) is 72.8 Å². The minimum absolute atomic E-state index is 0.203. The third-order valence-electron chi connectivity index (χ3n) is 2.67. The molecule has 0 fully saturated rings. The first-order valence-electron chi connectivity index (χ1n) is 6.54. The predicted molar refractivity (Wildman–Crippen MR) is 84.5 cm³/mol. The van der Waals surface area contributed by atoms with Crippen LogP contribution in [0.2, 0.25) is 5.02 Å². The van der Waals surface area contributed by atoms with Crippen LogP contribution in [0.15, 0.2) is 48.5 Å². The molecule has 22 heavy (non-hydrogen) atoms. The van der Waals surface area contributed by atoms with E-state index in [0.717, 1.165) is 0 Å². The number of ether oxygens (including phenoxy) is 2. The van der Waals surface area contributed by atoms with Crippen LogP contribution < -0.4 is 9.47 Å². The Labute approximate surface area is 134 Å². The molecular weight excluding hydrogens is 328 g/mol. The van der Waals surface area contributed by atoms with Crippen LogP contribution in [0.5, 0.6) is 17.2 Å². The Morgan fingerprint density at radius 3 is 2.32 bits per heavy atom. The van der Waals surface area contributed by atoms with Gasteiger partial charge >= 0.3 is 0 Å². The van der Waals surface area contributed by atoms with Gasteiger partial charge in [0.25, 0.3) is 10.1 Å². The molecule has 0 aliphatic carbocycles. The molecule has 7 heteroatoms. The largest absolute Gasteiger partial charge is 0.494 e. The fourth-order valence-electron chi connectivity index (χ4n) is 1.70. The van der Waals surface area contributed by atoms with Crippen molar-refractivity contribution in [2.75, 3.05) is 12.4 Å². The lowest BCUT2D eigenvalue weighted by molar-refractivity contribution is 0.315. The van der Waals surface area contributed by atoms with Crippen molar-refractivity contribution in [2.24, 2.45) is 0 Å². The minimum atomic E-state index is -3.93. The van der Waals surface area contributed by atoms with E-state index in [1.807, 2.05) is 0 Å². The summed E-state index contributed by atoms with van der Waals surface area (Å²) < 4.78 is 40.7. The maximum Gasteiger partial charge on any atom is 0.264 e. The van der Waals surface area contributed by atoms with E-state index in [-0.39, 0.29) is 18.8 Å². The van der Waals surface area contributed by atoms with Crippen LogP contribution in [0, 0.1) is 0 Å². The van der Waals surface area contributed by atoms with Gasteiger partial charge in [-0.15, -0.1) is 0 Å². The number of rotatable bonds is 7. The zero-order valence-corrected chi connectivity index (χ0v) is 13.2. The summed E-state index contributed by atoms with van der Waals surface area (Å²) in [6, 6.07) is 14.0. The third-order valence-corrected chi connectivity index (χ3v) is 3.71. The molecule has 0 heterocycles. The lowest BCUT2D eigenvalue weighted by Gasteiger charge is -2.08. The summed E-state index contributed by atoms with van der Waals surface area (Å²) in [6.07, 6.45) is 0.222. The van der Waals surface area contributed by atoms with E-state index in [9.17, 15) is 8.42 Å². The van der Waals surface area contributed by atoms with E-state index in [4.69, 9.17) is 25.6 Å². The Balaban J connectivity index is 1.85. The molecule has 0 bridgehead atoms. The maximum absolute atomic E-state index is 10.6. The van der Waals surface area contributed by atoms with Crippen LogP contribution in [0.3, 0.4) is 0 Å². The zero-order valence-electron chi connectivity index (χ0n) is 11.6. The minimum Gasteiger partial charge on any atom is -0.494 e. The van der Waals surface area contributed by atoms with E-state index in [1.54, 1.807) is 48.5 Å². The molecule has 0 saturated heterocycles. The van der Waals surface area contributed by atoms with Crippen LogP contribution in [0.4, 0.5) is 0 Å². The van der Waals surface area contributed by atoms with Crippen molar-refractivity contribution in [3.8, 4) is 17.2 Å². The SMILES string of the molecule is O=S(=O)(O)CCCOc1ccc(Oc2cccc(Cl)c2)cc1. The molecule has 1 N–H and O–H groups in total. The summed E-state index contributed by atoms with van der Waals surface area (Å²) in [5.74, 6) is 1.54. The van der Waals surface area contributed by atoms with Crippen molar-refractivity contribution in [2.45, 2.75) is 6.42 Å². The summed E-state index contributed by atoms with van der Waals surface area (Å²) in [5.41, 5.74) is 0. The highest BCUT2D eigenvalue weighted by molar-refractivity contribution is 7.85. The molecule has 0 aromatic heterocycles. The van der Waals surface area contributed by atoms with E-state index in [1.165, 1.54) is 0 Å². The summed E-state index contributed by atoms with van der Waals surface area (Å²) in [5, 5.41) is 0.594. The highest BCUT2D eigenvalue weighted by Gasteiger charge is 2.04. The Morgan fingerprint density at radius 1 is 1.00 bits per heavy atom. The zero-order chi connectivity index (χ0) is 16.0. The summed E-state index contributed by atoms with van der Waals surface area (Å²) >= 11 is 5.88. The Bertz CT molecular complexity index is 713. The molecule has 2 rings (SSSR count). The molecule has 0 atom stereocenters. The van der Waals surface area contributed by atoms with Crippen LogP contribution in [0.1, 0.15) is 6.42 Å². The van der Waals surface area contributed by atoms with E-state index in [0.29, 0.717) is 22.3 Å². The molecule has 0 aliphatic rings. The fourth-order valence-corrected chi connectivity index (χ4v) is 2.36. The molecule has 0 radical (unpaired) electrons. The van der Waals surface area contributed by atoms with Gasteiger partial charge in [0.2, 0.25) is 0 Å². The number of benzene rings is 2. The normalized spacial score (nSPS) is 11.2. The second-order valence-corrected chi connectivity index (χ2v) is 6.53. The van der Waals surface area contributed by atoms with Gasteiger partial charge in [-0.3, -0.25) is 4.55 Å². The van der Waals surface area contributed by atoms with Gasteiger partial charge in [0.15, 0.2) is 0 Å². The maximum atomic E-state index is 10.6. The number of hydrogen-bond acceptors (Lipinski definition) is 4. The van der Waals surface area contributed by atoms with Crippen molar-refractivity contribution in [1.29, 1.82) is 0 Å². The average Bonchev–Trinajstić information content (AvgIpc) is 2.44. The van der Waals surface area contributed by atoms with Gasteiger partial charge in [-0.05, 0) is 48.9 Å². The first kappa shape index (κ1) is 16.6. The van der Waals surface area contributed by atoms with Gasteiger partial charge in [-0.1, -0.05) is 17.7 Å². The van der Waals surface area contributed by atoms with Gasteiger partial charge in [0.05, 0.1) is 12.4 Å². The van der Waals surface area contributed by atoms with Gasteiger partial charge in [-0.25, -0.2) is 0 Å². The predicted octanol–water partition coefficient (Wildman–Crippen LogP) is 3.79. The molecule has 2 aromatic carbocycles. The lowest BCUT2D eigenvalue weighted by atomic mass is 10.3. The lowest BCUT2D eigenvalue weighted by Crippen LogP contribution is -2.08. The van der Waals surface area contributed by atoms with Crippen molar-refractivity contribution < 1.29 is 22.4 Å². The summed E-state index contributed by atoms with van der Waals surface area (Å²) in [7, 11) is -3.93. The number of halogens is 1. The molecule has 0 spiro atoms. The molecule has 0 saturated carbocycles. The van der Waals surface area contributed by atoms with Crippen LogP contribution in [0.25, 0.3) is 0 Å². The molecule has 5 nitrogen and oxygen atoms in total. The van der Waals surface area contributed by atoms with Crippen LogP contribution in [-0.4, -0.2) is 25.3 Å². The van der Waals surface area contributed by atoms with Gasteiger partial charge in [-0.2, -0.15) is 8.42 Å². The average molecular weight is 343 g/mol.